The van der Waals surface area contributed by atoms with Gasteiger partial charge in [-0.15, -0.1) is 11.3 Å². The van der Waals surface area contributed by atoms with E-state index in [-0.39, 0.29) is 17.9 Å². The van der Waals surface area contributed by atoms with Crippen LogP contribution < -0.4 is 14.8 Å². The van der Waals surface area contributed by atoms with E-state index in [1.807, 2.05) is 23.6 Å². The lowest BCUT2D eigenvalue weighted by atomic mass is 9.90. The van der Waals surface area contributed by atoms with Crippen molar-refractivity contribution in [1.82, 2.24) is 0 Å². The van der Waals surface area contributed by atoms with Crippen molar-refractivity contribution in [3.63, 3.8) is 0 Å². The van der Waals surface area contributed by atoms with Crippen molar-refractivity contribution in [2.45, 2.75) is 44.1 Å². The normalized spacial score (nSPS) is 20.5. The number of anilines is 1. The number of carbonyl (C=O) groups is 1. The summed E-state index contributed by atoms with van der Waals surface area (Å²) in [6.07, 6.45) is 5.42. The highest BCUT2D eigenvalue weighted by Crippen LogP contribution is 2.43. The monoisotopic (exact) mass is 343 g/mol. The molecule has 2 heterocycles. The fourth-order valence-electron chi connectivity index (χ4n) is 3.63. The first kappa shape index (κ1) is 15.5. The van der Waals surface area contributed by atoms with Crippen molar-refractivity contribution >= 4 is 22.9 Å². The van der Waals surface area contributed by atoms with Gasteiger partial charge in [0.2, 0.25) is 5.91 Å². The van der Waals surface area contributed by atoms with Gasteiger partial charge in [0, 0.05) is 17.2 Å². The van der Waals surface area contributed by atoms with Gasteiger partial charge in [-0.25, -0.2) is 0 Å². The van der Waals surface area contributed by atoms with Crippen LogP contribution in [0.15, 0.2) is 29.6 Å². The molecule has 1 amide bonds. The molecule has 1 aromatic heterocycles. The Hall–Kier alpha value is -2.01. The highest BCUT2D eigenvalue weighted by Gasteiger charge is 2.28. The molecule has 1 N–H and O–H groups in total. The summed E-state index contributed by atoms with van der Waals surface area (Å²) < 4.78 is 11.7. The van der Waals surface area contributed by atoms with Crippen LogP contribution in [-0.4, -0.2) is 19.1 Å². The molecule has 0 spiro atoms. The number of ether oxygens (including phenoxy) is 2. The number of rotatable bonds is 4. The van der Waals surface area contributed by atoms with Crippen LogP contribution in [0.5, 0.6) is 11.5 Å². The Bertz CT molecular complexity index is 749. The van der Waals surface area contributed by atoms with E-state index in [9.17, 15) is 4.79 Å². The fraction of sp³-hybridized carbons (Fsp3) is 0.421. The average molecular weight is 343 g/mol. The maximum absolute atomic E-state index is 12.0. The lowest BCUT2D eigenvalue weighted by Gasteiger charge is -2.24. The standard InChI is InChI=1S/C19H21NO3S/c1-22-16-7-6-12(10-17(16)23-13-4-2-3-5-13)14-11-18(21)20-15-8-9-24-19(14)15/h6-10,13-14H,2-5,11H2,1H3,(H,20,21). The lowest BCUT2D eigenvalue weighted by Crippen LogP contribution is -2.22. The number of hydrogen-bond donors (Lipinski definition) is 1. The second-order valence-corrected chi connectivity index (χ2v) is 7.39. The smallest absolute Gasteiger partial charge is 0.225 e. The maximum Gasteiger partial charge on any atom is 0.225 e. The number of benzene rings is 1. The van der Waals surface area contributed by atoms with Gasteiger partial charge >= 0.3 is 0 Å². The van der Waals surface area contributed by atoms with E-state index in [1.165, 1.54) is 17.7 Å². The molecule has 2 aliphatic rings. The molecule has 24 heavy (non-hydrogen) atoms. The van der Waals surface area contributed by atoms with Crippen molar-refractivity contribution < 1.29 is 14.3 Å². The quantitative estimate of drug-likeness (QED) is 0.886. The molecular formula is C19H21NO3S. The first-order valence-corrected chi connectivity index (χ1v) is 9.34. The molecule has 0 radical (unpaired) electrons. The van der Waals surface area contributed by atoms with E-state index in [0.717, 1.165) is 35.6 Å². The Morgan fingerprint density at radius 2 is 2.00 bits per heavy atom. The number of amides is 1. The second kappa shape index (κ2) is 6.48. The van der Waals surface area contributed by atoms with Gasteiger partial charge in [-0.1, -0.05) is 6.07 Å². The summed E-state index contributed by atoms with van der Waals surface area (Å²) in [5, 5.41) is 4.98. The molecule has 1 aromatic carbocycles. The van der Waals surface area contributed by atoms with Crippen molar-refractivity contribution in [3.8, 4) is 11.5 Å². The predicted octanol–water partition coefficient (Wildman–Crippen LogP) is 4.55. The van der Waals surface area contributed by atoms with E-state index in [2.05, 4.69) is 11.4 Å². The van der Waals surface area contributed by atoms with Crippen LogP contribution in [0.25, 0.3) is 0 Å². The van der Waals surface area contributed by atoms with Crippen LogP contribution in [0, 0.1) is 0 Å². The first-order valence-electron chi connectivity index (χ1n) is 8.46. The highest BCUT2D eigenvalue weighted by molar-refractivity contribution is 7.10. The van der Waals surface area contributed by atoms with Crippen molar-refractivity contribution in [1.29, 1.82) is 0 Å². The Labute approximate surface area is 145 Å². The van der Waals surface area contributed by atoms with Gasteiger partial charge in [0.25, 0.3) is 0 Å². The number of methoxy groups -OCH3 is 1. The molecule has 1 atom stereocenters. The first-order chi connectivity index (χ1) is 11.7. The Morgan fingerprint density at radius 3 is 2.79 bits per heavy atom. The molecule has 1 aliphatic heterocycles. The number of thiophene rings is 1. The minimum Gasteiger partial charge on any atom is -0.493 e. The molecule has 1 fully saturated rings. The molecule has 5 heteroatoms. The zero-order valence-corrected chi connectivity index (χ0v) is 14.5. The van der Waals surface area contributed by atoms with Gasteiger partial charge in [0.05, 0.1) is 18.9 Å². The molecule has 1 saturated carbocycles. The number of hydrogen-bond acceptors (Lipinski definition) is 4. The lowest BCUT2D eigenvalue weighted by molar-refractivity contribution is -0.116. The summed E-state index contributed by atoms with van der Waals surface area (Å²) in [4.78, 5) is 13.2. The summed E-state index contributed by atoms with van der Waals surface area (Å²) in [7, 11) is 1.67. The SMILES string of the molecule is COc1ccc(C2CC(=O)Nc3ccsc32)cc1OC1CCCC1. The molecule has 1 unspecified atom stereocenters. The maximum atomic E-state index is 12.0. The second-order valence-electron chi connectivity index (χ2n) is 6.44. The molecule has 0 bridgehead atoms. The van der Waals surface area contributed by atoms with Gasteiger partial charge in [-0.3, -0.25) is 4.79 Å². The zero-order valence-electron chi connectivity index (χ0n) is 13.7. The van der Waals surface area contributed by atoms with E-state index < -0.39 is 0 Å². The topological polar surface area (TPSA) is 47.6 Å². The van der Waals surface area contributed by atoms with E-state index in [1.54, 1.807) is 18.4 Å². The number of nitrogens with one attached hydrogen (secondary N) is 1. The van der Waals surface area contributed by atoms with Gasteiger partial charge in [-0.2, -0.15) is 0 Å². The summed E-state index contributed by atoms with van der Waals surface area (Å²) in [6.45, 7) is 0. The van der Waals surface area contributed by atoms with Crippen molar-refractivity contribution in [2.24, 2.45) is 0 Å². The van der Waals surface area contributed by atoms with E-state index >= 15 is 0 Å². The average Bonchev–Trinajstić information content (AvgIpc) is 3.25. The molecule has 2 aromatic rings. The Kier molecular flexibility index (Phi) is 4.19. The van der Waals surface area contributed by atoms with Crippen molar-refractivity contribution in [2.75, 3.05) is 12.4 Å². The number of fused-ring (bicyclic) bond motifs is 1. The summed E-state index contributed by atoms with van der Waals surface area (Å²) >= 11 is 1.69. The largest absolute Gasteiger partial charge is 0.493 e. The third-order valence-electron chi connectivity index (χ3n) is 4.86. The van der Waals surface area contributed by atoms with Gasteiger partial charge in [0.15, 0.2) is 11.5 Å². The van der Waals surface area contributed by atoms with Crippen LogP contribution in [0.4, 0.5) is 5.69 Å². The summed E-state index contributed by atoms with van der Waals surface area (Å²) in [6, 6.07) is 8.04. The van der Waals surface area contributed by atoms with Gasteiger partial charge < -0.3 is 14.8 Å². The molecular weight excluding hydrogens is 322 g/mol. The van der Waals surface area contributed by atoms with E-state index in [4.69, 9.17) is 9.47 Å². The Balaban J connectivity index is 1.67. The molecule has 0 saturated heterocycles. The highest BCUT2D eigenvalue weighted by atomic mass is 32.1. The van der Waals surface area contributed by atoms with Gasteiger partial charge in [0.1, 0.15) is 0 Å². The summed E-state index contributed by atoms with van der Waals surface area (Å²) in [5.74, 6) is 1.72. The fourth-order valence-corrected chi connectivity index (χ4v) is 4.61. The van der Waals surface area contributed by atoms with Crippen LogP contribution >= 0.6 is 11.3 Å². The minimum absolute atomic E-state index is 0.0694. The molecule has 126 valence electrons. The molecule has 4 rings (SSSR count). The third-order valence-corrected chi connectivity index (χ3v) is 5.89. The molecule has 4 nitrogen and oxygen atoms in total. The van der Waals surface area contributed by atoms with Gasteiger partial charge in [-0.05, 0) is 54.8 Å². The van der Waals surface area contributed by atoms with E-state index in [0.29, 0.717) is 6.42 Å². The Morgan fingerprint density at radius 1 is 1.17 bits per heavy atom. The van der Waals surface area contributed by atoms with Crippen LogP contribution in [0.3, 0.4) is 0 Å². The minimum atomic E-state index is 0.0694. The zero-order chi connectivity index (χ0) is 16.5. The molecule has 1 aliphatic carbocycles. The van der Waals surface area contributed by atoms with Crippen LogP contribution in [0.1, 0.15) is 48.5 Å². The summed E-state index contributed by atoms with van der Waals surface area (Å²) in [5.41, 5.74) is 2.05. The van der Waals surface area contributed by atoms with Crippen LogP contribution in [-0.2, 0) is 4.79 Å². The predicted molar refractivity (Wildman–Crippen MR) is 95.3 cm³/mol. The van der Waals surface area contributed by atoms with Crippen molar-refractivity contribution in [3.05, 3.63) is 40.1 Å². The van der Waals surface area contributed by atoms with Crippen LogP contribution in [0.2, 0.25) is 0 Å². The third kappa shape index (κ3) is 2.88. The number of carbonyl (C=O) groups excluding carboxylic acids is 1.